The van der Waals surface area contributed by atoms with E-state index in [0.717, 1.165) is 17.8 Å². The highest BCUT2D eigenvalue weighted by atomic mass is 14.8. The summed E-state index contributed by atoms with van der Waals surface area (Å²) in [6.07, 6.45) is 7.17. The largest absolute Gasteiger partial charge is 0.319 e. The van der Waals surface area contributed by atoms with Crippen LogP contribution in [0, 0.1) is 23.2 Å². The molecule has 3 atom stereocenters. The third-order valence-corrected chi connectivity index (χ3v) is 4.60. The highest BCUT2D eigenvalue weighted by Gasteiger charge is 2.33. The van der Waals surface area contributed by atoms with Crippen LogP contribution in [0.15, 0.2) is 0 Å². The van der Waals surface area contributed by atoms with Crippen molar-refractivity contribution in [3.05, 3.63) is 0 Å². The van der Waals surface area contributed by atoms with Crippen molar-refractivity contribution in [2.75, 3.05) is 13.6 Å². The minimum atomic E-state index is 0.511. The minimum absolute atomic E-state index is 0.511. The fourth-order valence-corrected chi connectivity index (χ4v) is 3.35. The molecular formula is C15H31N. The molecule has 1 nitrogen and oxygen atoms in total. The molecule has 0 radical (unpaired) electrons. The second-order valence-corrected chi connectivity index (χ2v) is 6.72. The average molecular weight is 225 g/mol. The quantitative estimate of drug-likeness (QED) is 0.760. The summed E-state index contributed by atoms with van der Waals surface area (Å²) in [7, 11) is 2.09. The summed E-state index contributed by atoms with van der Waals surface area (Å²) in [5.41, 5.74) is 0.511. The van der Waals surface area contributed by atoms with Crippen LogP contribution in [-0.2, 0) is 0 Å². The first kappa shape index (κ1) is 14.0. The van der Waals surface area contributed by atoms with E-state index in [4.69, 9.17) is 0 Å². The van der Waals surface area contributed by atoms with E-state index in [0.29, 0.717) is 5.41 Å². The minimum Gasteiger partial charge on any atom is -0.319 e. The van der Waals surface area contributed by atoms with Crippen LogP contribution in [0.1, 0.15) is 59.8 Å². The van der Waals surface area contributed by atoms with Crippen LogP contribution in [0.5, 0.6) is 0 Å². The van der Waals surface area contributed by atoms with Crippen molar-refractivity contribution in [3.63, 3.8) is 0 Å². The Labute approximate surface area is 102 Å². The van der Waals surface area contributed by atoms with Gasteiger partial charge in [-0.15, -0.1) is 0 Å². The molecule has 0 saturated heterocycles. The Bertz CT molecular complexity index is 192. The predicted molar refractivity (Wildman–Crippen MR) is 72.6 cm³/mol. The summed E-state index contributed by atoms with van der Waals surface area (Å²) in [6, 6.07) is 0. The number of nitrogens with one attached hydrogen (secondary N) is 1. The summed E-state index contributed by atoms with van der Waals surface area (Å²) >= 11 is 0. The molecule has 16 heavy (non-hydrogen) atoms. The fourth-order valence-electron chi connectivity index (χ4n) is 3.35. The van der Waals surface area contributed by atoms with E-state index < -0.39 is 0 Å². The van der Waals surface area contributed by atoms with Gasteiger partial charge in [0.1, 0.15) is 0 Å². The standard InChI is InChI=1S/C15H31N/c1-6-12(11-16-5)13-8-7-9-14(10-13)15(2,3)4/h12-14,16H,6-11H2,1-5H3. The van der Waals surface area contributed by atoms with Crippen molar-refractivity contribution in [3.8, 4) is 0 Å². The maximum Gasteiger partial charge on any atom is -0.00210 e. The molecule has 3 unspecified atom stereocenters. The van der Waals surface area contributed by atoms with E-state index in [-0.39, 0.29) is 0 Å². The first-order chi connectivity index (χ1) is 7.49. The third kappa shape index (κ3) is 3.76. The van der Waals surface area contributed by atoms with Crippen LogP contribution in [0.3, 0.4) is 0 Å². The monoisotopic (exact) mass is 225 g/mol. The SMILES string of the molecule is CCC(CNC)C1CCCC(C(C)(C)C)C1. The molecule has 1 rings (SSSR count). The van der Waals surface area contributed by atoms with Gasteiger partial charge in [0, 0.05) is 0 Å². The molecule has 1 aliphatic carbocycles. The smallest absolute Gasteiger partial charge is 0.00210 e. The van der Waals surface area contributed by atoms with Crippen molar-refractivity contribution >= 4 is 0 Å². The van der Waals surface area contributed by atoms with Crippen molar-refractivity contribution in [1.29, 1.82) is 0 Å². The van der Waals surface area contributed by atoms with Gasteiger partial charge >= 0.3 is 0 Å². The maximum atomic E-state index is 3.37. The highest BCUT2D eigenvalue weighted by Crippen LogP contribution is 2.42. The molecule has 0 aromatic carbocycles. The first-order valence-electron chi connectivity index (χ1n) is 7.13. The zero-order chi connectivity index (χ0) is 12.2. The molecule has 1 saturated carbocycles. The second-order valence-electron chi connectivity index (χ2n) is 6.72. The molecule has 1 aliphatic rings. The summed E-state index contributed by atoms with van der Waals surface area (Å²) in [4.78, 5) is 0. The van der Waals surface area contributed by atoms with E-state index in [1.165, 1.54) is 38.6 Å². The molecule has 0 aromatic heterocycles. The van der Waals surface area contributed by atoms with Crippen molar-refractivity contribution in [1.82, 2.24) is 5.32 Å². The van der Waals surface area contributed by atoms with Crippen LogP contribution in [0.2, 0.25) is 0 Å². The Morgan fingerprint density at radius 2 is 1.94 bits per heavy atom. The number of rotatable bonds is 4. The third-order valence-electron chi connectivity index (χ3n) is 4.60. The predicted octanol–water partition coefficient (Wildman–Crippen LogP) is 4.08. The number of hydrogen-bond donors (Lipinski definition) is 1. The van der Waals surface area contributed by atoms with Crippen molar-refractivity contribution < 1.29 is 0 Å². The van der Waals surface area contributed by atoms with Crippen LogP contribution < -0.4 is 5.32 Å². The molecule has 0 bridgehead atoms. The lowest BCUT2D eigenvalue weighted by atomic mass is 9.66. The van der Waals surface area contributed by atoms with Crippen molar-refractivity contribution in [2.24, 2.45) is 23.2 Å². The Morgan fingerprint density at radius 3 is 2.44 bits per heavy atom. The summed E-state index contributed by atoms with van der Waals surface area (Å²) in [5, 5.41) is 3.37. The molecule has 0 aliphatic heterocycles. The van der Waals surface area contributed by atoms with Gasteiger partial charge in [0.2, 0.25) is 0 Å². The summed E-state index contributed by atoms with van der Waals surface area (Å²) in [6.45, 7) is 10.8. The average Bonchev–Trinajstić information content (AvgIpc) is 2.25. The van der Waals surface area contributed by atoms with Gasteiger partial charge in [-0.1, -0.05) is 47.0 Å². The van der Waals surface area contributed by atoms with Crippen LogP contribution in [-0.4, -0.2) is 13.6 Å². The molecule has 1 heteroatoms. The molecule has 1 fully saturated rings. The van der Waals surface area contributed by atoms with E-state index in [1.807, 2.05) is 0 Å². The highest BCUT2D eigenvalue weighted by molar-refractivity contribution is 4.84. The molecule has 0 amide bonds. The summed E-state index contributed by atoms with van der Waals surface area (Å²) < 4.78 is 0. The molecule has 1 N–H and O–H groups in total. The molecule has 96 valence electrons. The Kier molecular flexibility index (Phi) is 5.30. The topological polar surface area (TPSA) is 12.0 Å². The molecule has 0 aromatic rings. The van der Waals surface area contributed by atoms with Crippen LogP contribution >= 0.6 is 0 Å². The van der Waals surface area contributed by atoms with Gasteiger partial charge in [0.05, 0.1) is 0 Å². The lowest BCUT2D eigenvalue weighted by Crippen LogP contribution is -2.33. The Morgan fingerprint density at radius 1 is 1.25 bits per heavy atom. The van der Waals surface area contributed by atoms with Gasteiger partial charge < -0.3 is 5.32 Å². The van der Waals surface area contributed by atoms with Gasteiger partial charge in [-0.2, -0.15) is 0 Å². The Hall–Kier alpha value is -0.0400. The zero-order valence-corrected chi connectivity index (χ0v) is 12.0. The van der Waals surface area contributed by atoms with Crippen molar-refractivity contribution in [2.45, 2.75) is 59.8 Å². The van der Waals surface area contributed by atoms with Gasteiger partial charge in [-0.25, -0.2) is 0 Å². The Balaban J connectivity index is 2.55. The molecule has 0 spiro atoms. The molecular weight excluding hydrogens is 194 g/mol. The van der Waals surface area contributed by atoms with Crippen LogP contribution in [0.4, 0.5) is 0 Å². The van der Waals surface area contributed by atoms with E-state index in [9.17, 15) is 0 Å². The van der Waals surface area contributed by atoms with E-state index >= 15 is 0 Å². The molecule has 0 heterocycles. The van der Waals surface area contributed by atoms with Crippen LogP contribution in [0.25, 0.3) is 0 Å². The zero-order valence-electron chi connectivity index (χ0n) is 12.0. The summed E-state index contributed by atoms with van der Waals surface area (Å²) in [5.74, 6) is 2.81. The maximum absolute atomic E-state index is 3.37. The lowest BCUT2D eigenvalue weighted by molar-refractivity contribution is 0.109. The normalized spacial score (nSPS) is 29.1. The van der Waals surface area contributed by atoms with Gasteiger partial charge in [-0.3, -0.25) is 0 Å². The fraction of sp³-hybridized carbons (Fsp3) is 1.00. The van der Waals surface area contributed by atoms with Gasteiger partial charge in [-0.05, 0) is 49.6 Å². The first-order valence-corrected chi connectivity index (χ1v) is 7.13. The van der Waals surface area contributed by atoms with E-state index in [2.05, 4.69) is 40.1 Å². The van der Waals surface area contributed by atoms with Gasteiger partial charge in [0.15, 0.2) is 0 Å². The van der Waals surface area contributed by atoms with E-state index in [1.54, 1.807) is 0 Å². The second kappa shape index (κ2) is 6.05. The lowest BCUT2D eigenvalue weighted by Gasteiger charge is -2.40. The van der Waals surface area contributed by atoms with Gasteiger partial charge in [0.25, 0.3) is 0 Å². The number of hydrogen-bond acceptors (Lipinski definition) is 1.